The molecule has 0 aliphatic heterocycles. The number of nitriles is 1. The van der Waals surface area contributed by atoms with Gasteiger partial charge in [-0.2, -0.15) is 5.26 Å². The van der Waals surface area contributed by atoms with Crippen LogP contribution in [-0.4, -0.2) is 29.0 Å². The Labute approximate surface area is 150 Å². The molecule has 0 amide bonds. The summed E-state index contributed by atoms with van der Waals surface area (Å²) >= 11 is 0. The van der Waals surface area contributed by atoms with Gasteiger partial charge in [0.2, 0.25) is 0 Å². The number of aromatic nitrogens is 2. The number of nitrogens with zero attached hydrogens (tertiary/aromatic N) is 4. The van der Waals surface area contributed by atoms with Gasteiger partial charge in [-0.05, 0) is 36.8 Å². The maximum absolute atomic E-state index is 11.1. The number of hydrogen-bond acceptors (Lipinski definition) is 5. The lowest BCUT2D eigenvalue weighted by atomic mass is 10.1. The van der Waals surface area contributed by atoms with E-state index in [0.29, 0.717) is 17.0 Å². The highest BCUT2D eigenvalue weighted by Crippen LogP contribution is 2.28. The van der Waals surface area contributed by atoms with Crippen LogP contribution in [0.1, 0.15) is 17.0 Å². The van der Waals surface area contributed by atoms with Crippen molar-refractivity contribution < 1.29 is 4.92 Å². The van der Waals surface area contributed by atoms with Gasteiger partial charge in [0, 0.05) is 37.5 Å². The first-order valence-corrected chi connectivity index (χ1v) is 7.93. The molecular formula is C19H17N5O2. The number of nitro benzene ring substituents is 1. The molecule has 3 rings (SSSR count). The summed E-state index contributed by atoms with van der Waals surface area (Å²) in [5, 5.41) is 20.7. The molecule has 0 aliphatic carbocycles. The van der Waals surface area contributed by atoms with Crippen LogP contribution in [0, 0.1) is 28.4 Å². The molecule has 0 spiro atoms. The summed E-state index contributed by atoms with van der Waals surface area (Å²) in [6.45, 7) is 1.98. The number of fused-ring (bicyclic) bond motifs is 1. The van der Waals surface area contributed by atoms with Crippen molar-refractivity contribution in [3.05, 3.63) is 63.5 Å². The third-order valence-corrected chi connectivity index (χ3v) is 4.02. The number of H-pyrrole nitrogens is 1. The normalized spacial score (nSPS) is 11.4. The lowest BCUT2D eigenvalue weighted by molar-refractivity contribution is -0.384. The van der Waals surface area contributed by atoms with E-state index in [0.717, 1.165) is 22.3 Å². The van der Waals surface area contributed by atoms with Gasteiger partial charge in [-0.1, -0.05) is 6.07 Å². The highest BCUT2D eigenvalue weighted by Gasteiger charge is 2.14. The fraction of sp³-hybridized carbons (Fsp3) is 0.158. The average molecular weight is 347 g/mol. The molecule has 0 radical (unpaired) electrons. The van der Waals surface area contributed by atoms with Crippen LogP contribution in [0.15, 0.2) is 36.4 Å². The molecule has 0 saturated heterocycles. The molecule has 0 aliphatic rings. The molecule has 0 fully saturated rings. The van der Waals surface area contributed by atoms with Crippen LogP contribution in [0.25, 0.3) is 22.7 Å². The molecular weight excluding hydrogens is 330 g/mol. The van der Waals surface area contributed by atoms with Crippen LogP contribution in [-0.2, 0) is 0 Å². The lowest BCUT2D eigenvalue weighted by Crippen LogP contribution is -2.10. The predicted octanol–water partition coefficient (Wildman–Crippen LogP) is 3.91. The standard InChI is InChI=1S/C19H17N5O2/c1-12-4-6-16-17(8-12)22-19(21-16)14(11-20)9-13-10-15(24(25)26)5-7-18(13)23(2)3/h4-10H,1-3H3,(H,21,22). The Kier molecular flexibility index (Phi) is 4.42. The molecule has 26 heavy (non-hydrogen) atoms. The molecule has 3 aromatic rings. The first kappa shape index (κ1) is 17.2. The summed E-state index contributed by atoms with van der Waals surface area (Å²) in [6, 6.07) is 12.5. The van der Waals surface area contributed by atoms with E-state index in [9.17, 15) is 15.4 Å². The van der Waals surface area contributed by atoms with Gasteiger partial charge >= 0.3 is 0 Å². The van der Waals surface area contributed by atoms with Crippen molar-refractivity contribution >= 4 is 34.1 Å². The summed E-state index contributed by atoms with van der Waals surface area (Å²) in [5.41, 5.74) is 4.32. The van der Waals surface area contributed by atoms with E-state index in [2.05, 4.69) is 16.0 Å². The Hall–Kier alpha value is -3.66. The number of anilines is 1. The SMILES string of the molecule is Cc1ccc2nc(C(C#N)=Cc3cc([N+](=O)[O-])ccc3N(C)C)[nH]c2c1. The highest BCUT2D eigenvalue weighted by molar-refractivity contribution is 5.92. The molecule has 7 heteroatoms. The first-order chi connectivity index (χ1) is 12.4. The number of imidazole rings is 1. The van der Waals surface area contributed by atoms with E-state index in [-0.39, 0.29) is 5.69 Å². The number of benzene rings is 2. The Morgan fingerprint density at radius 3 is 2.73 bits per heavy atom. The van der Waals surface area contributed by atoms with Crippen molar-refractivity contribution in [1.82, 2.24) is 9.97 Å². The van der Waals surface area contributed by atoms with Crippen LogP contribution >= 0.6 is 0 Å². The number of aromatic amines is 1. The minimum absolute atomic E-state index is 0.0284. The summed E-state index contributed by atoms with van der Waals surface area (Å²) < 4.78 is 0. The number of nitrogens with one attached hydrogen (secondary N) is 1. The second-order valence-corrected chi connectivity index (χ2v) is 6.17. The van der Waals surface area contributed by atoms with Crippen molar-refractivity contribution in [1.29, 1.82) is 5.26 Å². The number of allylic oxidation sites excluding steroid dienone is 1. The van der Waals surface area contributed by atoms with E-state index in [1.807, 2.05) is 44.1 Å². The summed E-state index contributed by atoms with van der Waals surface area (Å²) in [6.07, 6.45) is 1.62. The monoisotopic (exact) mass is 347 g/mol. The summed E-state index contributed by atoms with van der Waals surface area (Å²) in [4.78, 5) is 20.1. The van der Waals surface area contributed by atoms with E-state index in [4.69, 9.17) is 0 Å². The smallest absolute Gasteiger partial charge is 0.270 e. The van der Waals surface area contributed by atoms with Crippen molar-refractivity contribution in [3.8, 4) is 6.07 Å². The van der Waals surface area contributed by atoms with E-state index >= 15 is 0 Å². The van der Waals surface area contributed by atoms with Crippen molar-refractivity contribution in [2.45, 2.75) is 6.92 Å². The lowest BCUT2D eigenvalue weighted by Gasteiger charge is -2.15. The van der Waals surface area contributed by atoms with Gasteiger partial charge in [-0.3, -0.25) is 10.1 Å². The van der Waals surface area contributed by atoms with Gasteiger partial charge in [-0.25, -0.2) is 4.98 Å². The van der Waals surface area contributed by atoms with Crippen LogP contribution in [0.2, 0.25) is 0 Å². The quantitative estimate of drug-likeness (QED) is 0.438. The number of rotatable bonds is 4. The van der Waals surface area contributed by atoms with E-state index in [1.54, 1.807) is 12.1 Å². The first-order valence-electron chi connectivity index (χ1n) is 7.93. The van der Waals surface area contributed by atoms with Crippen LogP contribution in [0.3, 0.4) is 0 Å². The summed E-state index contributed by atoms with van der Waals surface area (Å²) in [5.74, 6) is 0.435. The van der Waals surface area contributed by atoms with Gasteiger partial charge in [0.1, 0.15) is 11.9 Å². The average Bonchev–Trinajstić information content (AvgIpc) is 3.01. The minimum Gasteiger partial charge on any atom is -0.377 e. The molecule has 2 aromatic carbocycles. The fourth-order valence-corrected chi connectivity index (χ4v) is 2.74. The minimum atomic E-state index is -0.452. The number of non-ortho nitro benzene ring substituents is 1. The number of nitro groups is 1. The third kappa shape index (κ3) is 3.26. The molecule has 1 aromatic heterocycles. The zero-order chi connectivity index (χ0) is 18.8. The molecule has 1 N–H and O–H groups in total. The molecule has 130 valence electrons. The second-order valence-electron chi connectivity index (χ2n) is 6.17. The van der Waals surface area contributed by atoms with Crippen molar-refractivity contribution in [2.24, 2.45) is 0 Å². The van der Waals surface area contributed by atoms with E-state index < -0.39 is 4.92 Å². The van der Waals surface area contributed by atoms with Crippen LogP contribution in [0.4, 0.5) is 11.4 Å². The molecule has 0 atom stereocenters. The molecule has 0 unspecified atom stereocenters. The zero-order valence-electron chi connectivity index (χ0n) is 14.6. The van der Waals surface area contributed by atoms with Gasteiger partial charge in [-0.15, -0.1) is 0 Å². The molecule has 7 nitrogen and oxygen atoms in total. The maximum atomic E-state index is 11.1. The van der Waals surface area contributed by atoms with Gasteiger partial charge in [0.15, 0.2) is 0 Å². The van der Waals surface area contributed by atoms with Crippen molar-refractivity contribution in [2.75, 3.05) is 19.0 Å². The number of aryl methyl sites for hydroxylation is 1. The largest absolute Gasteiger partial charge is 0.377 e. The maximum Gasteiger partial charge on any atom is 0.270 e. The molecule has 0 bridgehead atoms. The Morgan fingerprint density at radius 1 is 1.31 bits per heavy atom. The Morgan fingerprint density at radius 2 is 2.08 bits per heavy atom. The Balaban J connectivity index is 2.15. The molecule has 0 saturated carbocycles. The molecule has 1 heterocycles. The summed E-state index contributed by atoms with van der Waals surface area (Å²) in [7, 11) is 3.68. The highest BCUT2D eigenvalue weighted by atomic mass is 16.6. The fourth-order valence-electron chi connectivity index (χ4n) is 2.74. The van der Waals surface area contributed by atoms with Gasteiger partial charge in [0.25, 0.3) is 5.69 Å². The van der Waals surface area contributed by atoms with Crippen LogP contribution < -0.4 is 4.90 Å². The Bertz CT molecular complexity index is 1070. The van der Waals surface area contributed by atoms with Crippen molar-refractivity contribution in [3.63, 3.8) is 0 Å². The van der Waals surface area contributed by atoms with Gasteiger partial charge in [0.05, 0.1) is 21.5 Å². The second kappa shape index (κ2) is 6.69. The van der Waals surface area contributed by atoms with E-state index in [1.165, 1.54) is 12.1 Å². The zero-order valence-corrected chi connectivity index (χ0v) is 14.6. The number of hydrogen-bond donors (Lipinski definition) is 1. The third-order valence-electron chi connectivity index (χ3n) is 4.02. The van der Waals surface area contributed by atoms with Crippen LogP contribution in [0.5, 0.6) is 0 Å². The van der Waals surface area contributed by atoms with Gasteiger partial charge < -0.3 is 9.88 Å². The topological polar surface area (TPSA) is 98.8 Å². The predicted molar refractivity (Wildman–Crippen MR) is 102 cm³/mol.